The van der Waals surface area contributed by atoms with Crippen LogP contribution in [0, 0.1) is 0 Å². The van der Waals surface area contributed by atoms with Crippen molar-refractivity contribution in [2.24, 2.45) is 0 Å². The third-order valence-corrected chi connectivity index (χ3v) is 7.71. The number of carboxylic acid groups (broad SMARTS) is 1. The Hall–Kier alpha value is -3.91. The van der Waals surface area contributed by atoms with Gasteiger partial charge in [-0.2, -0.15) is 0 Å². The first-order valence-electron chi connectivity index (χ1n) is 14.7. The Morgan fingerprint density at radius 2 is 1.74 bits per heavy atom. The number of aromatic carboxylic acids is 1. The van der Waals surface area contributed by atoms with Crippen LogP contribution in [0.3, 0.4) is 0 Å². The number of nitrogens with zero attached hydrogens (tertiary/aromatic N) is 2. The van der Waals surface area contributed by atoms with Crippen molar-refractivity contribution >= 4 is 28.9 Å². The van der Waals surface area contributed by atoms with E-state index in [1.807, 2.05) is 55.5 Å². The van der Waals surface area contributed by atoms with E-state index in [0.717, 1.165) is 47.8 Å². The van der Waals surface area contributed by atoms with Gasteiger partial charge in [0, 0.05) is 43.5 Å². The molecule has 8 heteroatoms. The fraction of sp³-hybridized carbons (Fsp3) is 0.412. The summed E-state index contributed by atoms with van der Waals surface area (Å²) < 4.78 is 26.1. The molecular weight excluding hydrogens is 535 g/mol. The second-order valence-electron chi connectivity index (χ2n) is 11.1. The van der Waals surface area contributed by atoms with Crippen LogP contribution < -0.4 is 4.74 Å². The second-order valence-corrected chi connectivity index (χ2v) is 11.1. The highest BCUT2D eigenvalue weighted by molar-refractivity contribution is 5.88. The van der Waals surface area contributed by atoms with Gasteiger partial charge >= 0.3 is 12.1 Å². The van der Waals surface area contributed by atoms with Gasteiger partial charge in [-0.05, 0) is 67.8 Å². The zero-order valence-corrected chi connectivity index (χ0v) is 24.7. The number of rotatable bonds is 12. The van der Waals surface area contributed by atoms with Gasteiger partial charge in [-0.25, -0.2) is 14.0 Å². The molecule has 1 N–H and O–H groups in total. The maximum absolute atomic E-state index is 14.5. The van der Waals surface area contributed by atoms with Gasteiger partial charge in [-0.15, -0.1) is 0 Å². The average molecular weight is 577 g/mol. The molecule has 0 aliphatic carbocycles. The number of likely N-dealkylation sites (tertiary alicyclic amines) is 1. The summed E-state index contributed by atoms with van der Waals surface area (Å²) in [5.74, 6) is -0.286. The van der Waals surface area contributed by atoms with E-state index in [-0.39, 0.29) is 31.2 Å². The molecule has 1 heterocycles. The van der Waals surface area contributed by atoms with Crippen LogP contribution in [0.4, 0.5) is 9.18 Å². The number of alkyl halides is 1. The van der Waals surface area contributed by atoms with Crippen LogP contribution >= 0.6 is 0 Å². The van der Waals surface area contributed by atoms with Gasteiger partial charge in [0.1, 0.15) is 12.4 Å². The van der Waals surface area contributed by atoms with Crippen molar-refractivity contribution in [3.8, 4) is 5.75 Å². The van der Waals surface area contributed by atoms with Crippen LogP contribution in [0.1, 0.15) is 62.4 Å². The third-order valence-electron chi connectivity index (χ3n) is 7.71. The topological polar surface area (TPSA) is 79.3 Å². The first-order chi connectivity index (χ1) is 20.2. The molecule has 1 saturated heterocycles. The van der Waals surface area contributed by atoms with Gasteiger partial charge in [0.05, 0.1) is 5.56 Å². The van der Waals surface area contributed by atoms with E-state index in [0.29, 0.717) is 18.2 Å². The number of hydrogen-bond donors (Lipinski definition) is 1. The molecule has 4 rings (SSSR count). The average Bonchev–Trinajstić information content (AvgIpc) is 2.98. The summed E-state index contributed by atoms with van der Waals surface area (Å²) in [6.45, 7) is 8.20. The summed E-state index contributed by atoms with van der Waals surface area (Å²) in [6.07, 6.45) is 1.79. The minimum Gasteiger partial charge on any atom is -0.489 e. The molecule has 1 fully saturated rings. The lowest BCUT2D eigenvalue weighted by Crippen LogP contribution is -2.50. The van der Waals surface area contributed by atoms with Gasteiger partial charge in [0.15, 0.2) is 0 Å². The lowest BCUT2D eigenvalue weighted by molar-refractivity contribution is -0.0206. The monoisotopic (exact) mass is 576 g/mol. The molecule has 3 aromatic rings. The molecule has 0 saturated carbocycles. The van der Waals surface area contributed by atoms with Crippen LogP contribution in [0.25, 0.3) is 16.8 Å². The standard InChI is InChI=1S/C34H41FN2O5/c1-4-8-32(35)42-34(40)37(29-17-19-36(20-18-29)24(2)3)22-26(21-25-13-15-28(16-14-25)33(38)39)23-41-31-12-7-10-27-9-5-6-11-30(27)31/h5-7,9-16,21,24,29,32H,4,8,17-20,22-23H2,1-3H3,(H,38,39). The maximum atomic E-state index is 14.5. The van der Waals surface area contributed by atoms with E-state index < -0.39 is 18.4 Å². The minimum absolute atomic E-state index is 0.114. The van der Waals surface area contributed by atoms with Crippen LogP contribution in [-0.4, -0.2) is 71.7 Å². The van der Waals surface area contributed by atoms with Crippen molar-refractivity contribution < 1.29 is 28.6 Å². The lowest BCUT2D eigenvalue weighted by Gasteiger charge is -2.40. The number of carbonyl (C=O) groups excluding carboxylic acids is 1. The van der Waals surface area contributed by atoms with Gasteiger partial charge in [-0.1, -0.05) is 61.5 Å². The summed E-state index contributed by atoms with van der Waals surface area (Å²) >= 11 is 0. The number of benzene rings is 3. The predicted octanol–water partition coefficient (Wildman–Crippen LogP) is 7.41. The summed E-state index contributed by atoms with van der Waals surface area (Å²) in [6, 6.07) is 20.7. The Labute approximate surface area is 247 Å². The van der Waals surface area contributed by atoms with E-state index in [1.54, 1.807) is 29.2 Å². The van der Waals surface area contributed by atoms with Gasteiger partial charge < -0.3 is 24.4 Å². The molecule has 1 amide bonds. The van der Waals surface area contributed by atoms with Crippen LogP contribution in [-0.2, 0) is 4.74 Å². The molecule has 0 spiro atoms. The van der Waals surface area contributed by atoms with Crippen molar-refractivity contribution in [3.63, 3.8) is 0 Å². The molecule has 0 radical (unpaired) electrons. The largest absolute Gasteiger partial charge is 0.489 e. The third kappa shape index (κ3) is 8.32. The number of amides is 1. The number of halogens is 1. The van der Waals surface area contributed by atoms with Crippen LogP contribution in [0.5, 0.6) is 5.75 Å². The van der Waals surface area contributed by atoms with Crippen molar-refractivity contribution in [1.29, 1.82) is 0 Å². The number of carboxylic acids is 1. The molecular formula is C34H41FN2O5. The summed E-state index contributed by atoms with van der Waals surface area (Å²) in [5, 5.41) is 11.3. The van der Waals surface area contributed by atoms with Gasteiger partial charge in [-0.3, -0.25) is 0 Å². The fourth-order valence-corrected chi connectivity index (χ4v) is 5.32. The molecule has 1 atom stereocenters. The van der Waals surface area contributed by atoms with E-state index >= 15 is 0 Å². The van der Waals surface area contributed by atoms with Crippen LogP contribution in [0.2, 0.25) is 0 Å². The van der Waals surface area contributed by atoms with E-state index in [1.165, 1.54) is 0 Å². The first-order valence-corrected chi connectivity index (χ1v) is 14.7. The fourth-order valence-electron chi connectivity index (χ4n) is 5.32. The van der Waals surface area contributed by atoms with Crippen LogP contribution in [0.15, 0.2) is 72.3 Å². The number of carbonyl (C=O) groups is 2. The molecule has 1 aliphatic heterocycles. The smallest absolute Gasteiger partial charge is 0.412 e. The minimum atomic E-state index is -1.66. The molecule has 1 aliphatic rings. The zero-order valence-electron chi connectivity index (χ0n) is 24.7. The van der Waals surface area contributed by atoms with Crippen molar-refractivity contribution in [3.05, 3.63) is 83.4 Å². The molecule has 0 aromatic heterocycles. The summed E-state index contributed by atoms with van der Waals surface area (Å²) in [5.41, 5.74) is 1.74. The zero-order chi connectivity index (χ0) is 30.1. The molecule has 1 unspecified atom stereocenters. The molecule has 0 bridgehead atoms. The number of piperidine rings is 1. The number of fused-ring (bicyclic) bond motifs is 1. The number of hydrogen-bond acceptors (Lipinski definition) is 5. The molecule has 42 heavy (non-hydrogen) atoms. The van der Waals surface area contributed by atoms with Gasteiger partial charge in [0.2, 0.25) is 6.36 Å². The Kier molecular flexibility index (Phi) is 11.0. The molecule has 3 aromatic carbocycles. The van der Waals surface area contributed by atoms with E-state index in [2.05, 4.69) is 18.7 Å². The molecule has 224 valence electrons. The molecule has 7 nitrogen and oxygen atoms in total. The van der Waals surface area contributed by atoms with Crippen molar-refractivity contribution in [2.75, 3.05) is 26.2 Å². The summed E-state index contributed by atoms with van der Waals surface area (Å²) in [4.78, 5) is 28.8. The highest BCUT2D eigenvalue weighted by atomic mass is 19.1. The van der Waals surface area contributed by atoms with Crippen molar-refractivity contribution in [1.82, 2.24) is 9.80 Å². The SMILES string of the molecule is CCCC(F)OC(=O)N(CC(=Cc1ccc(C(=O)O)cc1)COc1cccc2ccccc12)C1CCN(C(C)C)CC1. The highest BCUT2D eigenvalue weighted by Crippen LogP contribution is 2.27. The second kappa shape index (κ2) is 14.8. The Balaban J connectivity index is 1.63. The predicted molar refractivity (Wildman–Crippen MR) is 164 cm³/mol. The summed E-state index contributed by atoms with van der Waals surface area (Å²) in [7, 11) is 0. The van der Waals surface area contributed by atoms with Gasteiger partial charge in [0.25, 0.3) is 0 Å². The Morgan fingerprint density at radius 3 is 2.40 bits per heavy atom. The number of ether oxygens (including phenoxy) is 2. The quantitative estimate of drug-likeness (QED) is 0.242. The van der Waals surface area contributed by atoms with Crippen molar-refractivity contribution in [2.45, 2.75) is 64.9 Å². The highest BCUT2D eigenvalue weighted by Gasteiger charge is 2.31. The lowest BCUT2D eigenvalue weighted by atomic mass is 10.0. The van der Waals surface area contributed by atoms with E-state index in [4.69, 9.17) is 9.47 Å². The maximum Gasteiger partial charge on any atom is 0.412 e. The Bertz CT molecular complexity index is 1360. The Morgan fingerprint density at radius 1 is 1.05 bits per heavy atom. The normalized spacial score (nSPS) is 15.5. The first kappa shape index (κ1) is 31.0. The van der Waals surface area contributed by atoms with E-state index in [9.17, 15) is 19.1 Å².